The van der Waals surface area contributed by atoms with Gasteiger partial charge in [-0.15, -0.1) is 0 Å². The number of benzene rings is 1. The third-order valence-electron chi connectivity index (χ3n) is 4.58. The number of para-hydroxylation sites is 1. The number of nitrogens with zero attached hydrogens (tertiary/aromatic N) is 3. The van der Waals surface area contributed by atoms with Crippen molar-refractivity contribution in [3.63, 3.8) is 0 Å². The lowest BCUT2D eigenvalue weighted by Crippen LogP contribution is -2.33. The normalized spacial score (nSPS) is 13.0. The quantitative estimate of drug-likeness (QED) is 0.181. The molecule has 0 bridgehead atoms. The standard InChI is InChI=1S/C23H32N3O3P/c1-19(2)26(20(3)4)30(28-16-8-13-24)29-17-9-14-25-18-21(10-7-15-27)22-11-5-6-12-23(22)25/h5-7,10-12,15,18-20H,8-9,14,16-17H2,1-4H3. The third-order valence-corrected chi connectivity index (χ3v) is 6.69. The summed E-state index contributed by atoms with van der Waals surface area (Å²) in [7, 11) is -1.21. The average molecular weight is 430 g/mol. The van der Waals surface area contributed by atoms with Crippen LogP contribution in [-0.4, -0.2) is 40.8 Å². The molecule has 162 valence electrons. The van der Waals surface area contributed by atoms with Crippen LogP contribution in [0.15, 0.2) is 36.5 Å². The van der Waals surface area contributed by atoms with Gasteiger partial charge in [0.15, 0.2) is 0 Å². The fourth-order valence-electron chi connectivity index (χ4n) is 3.43. The van der Waals surface area contributed by atoms with Crippen molar-refractivity contribution >= 4 is 31.8 Å². The number of rotatable bonds is 13. The third kappa shape index (κ3) is 6.75. The molecule has 0 saturated heterocycles. The molecule has 0 N–H and O–H groups in total. The summed E-state index contributed by atoms with van der Waals surface area (Å²) in [5.41, 5.74) is 2.17. The van der Waals surface area contributed by atoms with E-state index in [9.17, 15) is 4.79 Å². The summed E-state index contributed by atoms with van der Waals surface area (Å²) >= 11 is 0. The summed E-state index contributed by atoms with van der Waals surface area (Å²) in [5, 5.41) is 9.94. The van der Waals surface area contributed by atoms with Crippen molar-refractivity contribution in [1.82, 2.24) is 9.24 Å². The predicted molar refractivity (Wildman–Crippen MR) is 123 cm³/mol. The van der Waals surface area contributed by atoms with E-state index in [1.807, 2.05) is 18.2 Å². The lowest BCUT2D eigenvalue weighted by molar-refractivity contribution is -0.104. The lowest BCUT2D eigenvalue weighted by atomic mass is 10.2. The Morgan fingerprint density at radius 1 is 1.17 bits per heavy atom. The molecule has 0 aliphatic rings. The Labute approximate surface area is 181 Å². The van der Waals surface area contributed by atoms with Crippen LogP contribution in [-0.2, 0) is 20.4 Å². The fourth-order valence-corrected chi connectivity index (χ4v) is 5.06. The van der Waals surface area contributed by atoms with Crippen LogP contribution in [0.3, 0.4) is 0 Å². The van der Waals surface area contributed by atoms with Crippen LogP contribution in [0.25, 0.3) is 17.0 Å². The number of carbonyl (C=O) groups is 1. The molecular weight excluding hydrogens is 397 g/mol. The molecule has 2 rings (SSSR count). The number of aryl methyl sites for hydroxylation is 1. The molecule has 1 unspecified atom stereocenters. The topological polar surface area (TPSA) is 67.5 Å². The van der Waals surface area contributed by atoms with E-state index in [2.05, 4.69) is 61.3 Å². The highest BCUT2D eigenvalue weighted by atomic mass is 31.2. The molecule has 0 amide bonds. The average Bonchev–Trinajstić information content (AvgIpc) is 3.06. The second-order valence-corrected chi connectivity index (χ2v) is 8.98. The van der Waals surface area contributed by atoms with E-state index >= 15 is 0 Å². The van der Waals surface area contributed by atoms with Gasteiger partial charge in [-0.1, -0.05) is 18.2 Å². The molecule has 0 spiro atoms. The summed E-state index contributed by atoms with van der Waals surface area (Å²) in [5.74, 6) is 0. The first-order valence-corrected chi connectivity index (χ1v) is 11.5. The van der Waals surface area contributed by atoms with Gasteiger partial charge in [0.05, 0.1) is 25.7 Å². The maximum atomic E-state index is 10.7. The zero-order valence-corrected chi connectivity index (χ0v) is 19.2. The van der Waals surface area contributed by atoms with Crippen LogP contribution in [0.1, 0.15) is 46.1 Å². The largest absolute Gasteiger partial charge is 0.347 e. The number of fused-ring (bicyclic) bond motifs is 1. The molecule has 1 aromatic carbocycles. The second kappa shape index (κ2) is 12.6. The van der Waals surface area contributed by atoms with E-state index in [1.54, 1.807) is 0 Å². The molecule has 0 saturated carbocycles. The predicted octanol–water partition coefficient (Wildman–Crippen LogP) is 5.54. The lowest BCUT2D eigenvalue weighted by Gasteiger charge is -2.35. The summed E-state index contributed by atoms with van der Waals surface area (Å²) in [6, 6.07) is 10.9. The van der Waals surface area contributed by atoms with E-state index in [0.717, 1.165) is 35.7 Å². The number of hydrogen-bond acceptors (Lipinski definition) is 5. The van der Waals surface area contributed by atoms with Crippen LogP contribution in [0.2, 0.25) is 0 Å². The van der Waals surface area contributed by atoms with E-state index < -0.39 is 8.53 Å². The maximum Gasteiger partial charge on any atom is 0.259 e. The number of hydrogen-bond donors (Lipinski definition) is 0. The number of nitriles is 1. The minimum Gasteiger partial charge on any atom is -0.347 e. The molecule has 6 nitrogen and oxygen atoms in total. The molecular formula is C23H32N3O3P. The van der Waals surface area contributed by atoms with Gasteiger partial charge in [-0.25, -0.2) is 4.67 Å². The van der Waals surface area contributed by atoms with E-state index in [1.165, 1.54) is 6.08 Å². The van der Waals surface area contributed by atoms with Crippen molar-refractivity contribution in [2.75, 3.05) is 13.2 Å². The Balaban J connectivity index is 2.02. The van der Waals surface area contributed by atoms with Crippen molar-refractivity contribution < 1.29 is 13.8 Å². The highest BCUT2D eigenvalue weighted by molar-refractivity contribution is 7.44. The highest BCUT2D eigenvalue weighted by Crippen LogP contribution is 2.46. The first-order chi connectivity index (χ1) is 14.5. The van der Waals surface area contributed by atoms with Gasteiger partial charge in [-0.3, -0.25) is 4.79 Å². The fraction of sp³-hybridized carbons (Fsp3) is 0.478. The van der Waals surface area contributed by atoms with Crippen molar-refractivity contribution in [1.29, 1.82) is 5.26 Å². The Hall–Kier alpha value is -2.03. The molecule has 7 heteroatoms. The Kier molecular flexibility index (Phi) is 10.2. The molecule has 0 aliphatic carbocycles. The molecule has 0 aliphatic heterocycles. The van der Waals surface area contributed by atoms with Gasteiger partial charge in [0, 0.05) is 41.3 Å². The monoisotopic (exact) mass is 429 g/mol. The Morgan fingerprint density at radius 3 is 2.53 bits per heavy atom. The highest BCUT2D eigenvalue weighted by Gasteiger charge is 2.26. The van der Waals surface area contributed by atoms with Crippen LogP contribution >= 0.6 is 8.53 Å². The van der Waals surface area contributed by atoms with Gasteiger partial charge in [0.25, 0.3) is 8.53 Å². The van der Waals surface area contributed by atoms with E-state index in [0.29, 0.717) is 31.7 Å². The molecule has 0 fully saturated rings. The van der Waals surface area contributed by atoms with Gasteiger partial charge >= 0.3 is 0 Å². The Morgan fingerprint density at radius 2 is 1.87 bits per heavy atom. The zero-order chi connectivity index (χ0) is 21.9. The van der Waals surface area contributed by atoms with Crippen molar-refractivity contribution in [3.8, 4) is 6.07 Å². The second-order valence-electron chi connectivity index (χ2n) is 7.52. The van der Waals surface area contributed by atoms with Gasteiger partial charge < -0.3 is 13.6 Å². The van der Waals surface area contributed by atoms with Crippen LogP contribution in [0, 0.1) is 11.3 Å². The van der Waals surface area contributed by atoms with Gasteiger partial charge in [0.1, 0.15) is 6.29 Å². The first-order valence-electron chi connectivity index (χ1n) is 10.4. The first kappa shape index (κ1) is 24.2. The van der Waals surface area contributed by atoms with Crippen LogP contribution < -0.4 is 0 Å². The smallest absolute Gasteiger partial charge is 0.259 e. The van der Waals surface area contributed by atoms with Crippen molar-refractivity contribution in [2.45, 2.75) is 59.2 Å². The summed E-state index contributed by atoms with van der Waals surface area (Å²) in [4.78, 5) is 10.7. The number of carbonyl (C=O) groups excluding carboxylic acids is 1. The summed E-state index contributed by atoms with van der Waals surface area (Å²) in [6.07, 6.45) is 7.43. The molecule has 2 aromatic rings. The number of aromatic nitrogens is 1. The molecule has 1 aromatic heterocycles. The number of allylic oxidation sites excluding steroid dienone is 1. The van der Waals surface area contributed by atoms with Crippen LogP contribution in [0.4, 0.5) is 0 Å². The molecule has 1 heterocycles. The molecule has 30 heavy (non-hydrogen) atoms. The van der Waals surface area contributed by atoms with Crippen molar-refractivity contribution in [2.24, 2.45) is 0 Å². The minimum absolute atomic E-state index is 0.291. The minimum atomic E-state index is -1.21. The molecule has 1 atom stereocenters. The van der Waals surface area contributed by atoms with E-state index in [-0.39, 0.29) is 0 Å². The maximum absolute atomic E-state index is 10.7. The van der Waals surface area contributed by atoms with Gasteiger partial charge in [-0.2, -0.15) is 5.26 Å². The zero-order valence-electron chi connectivity index (χ0n) is 18.3. The SMILES string of the molecule is CC(C)N(C(C)C)P(OCCC#N)OCCCn1cc(C=CC=O)c2ccccc21. The van der Waals surface area contributed by atoms with Gasteiger partial charge in [0.2, 0.25) is 0 Å². The van der Waals surface area contributed by atoms with Gasteiger partial charge in [-0.05, 0) is 52.3 Å². The summed E-state index contributed by atoms with van der Waals surface area (Å²) < 4.78 is 16.5. The number of aldehydes is 1. The summed E-state index contributed by atoms with van der Waals surface area (Å²) in [6.45, 7) is 10.3. The Bertz CT molecular complexity index is 862. The van der Waals surface area contributed by atoms with Crippen LogP contribution in [0.5, 0.6) is 0 Å². The van der Waals surface area contributed by atoms with E-state index in [4.69, 9.17) is 14.3 Å². The van der Waals surface area contributed by atoms with Crippen molar-refractivity contribution in [3.05, 3.63) is 42.1 Å². The molecule has 0 radical (unpaired) electrons.